The van der Waals surface area contributed by atoms with E-state index < -0.39 is 0 Å². The molecule has 2 unspecified atom stereocenters. The normalized spacial score (nSPS) is 26.4. The number of nitrogens with zero attached hydrogens (tertiary/aromatic N) is 1. The highest BCUT2D eigenvalue weighted by Crippen LogP contribution is 2.21. The fraction of sp³-hybridized carbons (Fsp3) is 0.867. The van der Waals surface area contributed by atoms with E-state index in [0.717, 1.165) is 45.1 Å². The summed E-state index contributed by atoms with van der Waals surface area (Å²) in [7, 11) is 0. The summed E-state index contributed by atoms with van der Waals surface area (Å²) in [5.41, 5.74) is 5.37. The maximum Gasteiger partial charge on any atom is 0.252 e. The summed E-state index contributed by atoms with van der Waals surface area (Å²) in [6.45, 7) is 2.34. The Bertz CT molecular complexity index is 356. The highest BCUT2D eigenvalue weighted by atomic mass is 16.5. The van der Waals surface area contributed by atoms with Gasteiger partial charge in [-0.2, -0.15) is 0 Å². The lowest BCUT2D eigenvalue weighted by Gasteiger charge is -2.38. The fourth-order valence-electron chi connectivity index (χ4n) is 3.07. The first kappa shape index (κ1) is 16.2. The molecule has 2 saturated heterocycles. The van der Waals surface area contributed by atoms with Crippen LogP contribution in [0.2, 0.25) is 0 Å². The minimum Gasteiger partial charge on any atom is -0.368 e. The van der Waals surface area contributed by atoms with Crippen molar-refractivity contribution < 1.29 is 14.3 Å². The van der Waals surface area contributed by atoms with E-state index in [-0.39, 0.29) is 24.0 Å². The third kappa shape index (κ3) is 4.68. The zero-order valence-electron chi connectivity index (χ0n) is 12.7. The molecule has 2 rings (SSSR count). The summed E-state index contributed by atoms with van der Waals surface area (Å²) in [5, 5.41) is 2.89. The quantitative estimate of drug-likeness (QED) is 0.769. The Kier molecular flexibility index (Phi) is 6.45. The molecule has 2 atom stereocenters. The van der Waals surface area contributed by atoms with Crippen LogP contribution in [0.4, 0.5) is 0 Å². The molecule has 6 heteroatoms. The third-order valence-corrected chi connectivity index (χ3v) is 4.27. The molecule has 2 aliphatic rings. The van der Waals surface area contributed by atoms with Crippen LogP contribution < -0.4 is 11.1 Å². The smallest absolute Gasteiger partial charge is 0.252 e. The van der Waals surface area contributed by atoms with E-state index in [1.807, 2.05) is 4.90 Å². The fourth-order valence-corrected chi connectivity index (χ4v) is 3.07. The number of likely N-dealkylation sites (tertiary alicyclic amines) is 1. The Morgan fingerprint density at radius 3 is 2.71 bits per heavy atom. The van der Waals surface area contributed by atoms with Gasteiger partial charge in [0.05, 0.1) is 0 Å². The monoisotopic (exact) mass is 297 g/mol. The average molecular weight is 297 g/mol. The van der Waals surface area contributed by atoms with E-state index in [0.29, 0.717) is 26.1 Å². The van der Waals surface area contributed by atoms with Gasteiger partial charge in [0.2, 0.25) is 5.91 Å². The predicted molar refractivity (Wildman–Crippen MR) is 79.6 cm³/mol. The van der Waals surface area contributed by atoms with Crippen molar-refractivity contribution in [3.05, 3.63) is 0 Å². The molecule has 0 aromatic heterocycles. The lowest BCUT2D eigenvalue weighted by Crippen LogP contribution is -2.53. The highest BCUT2D eigenvalue weighted by Gasteiger charge is 2.32. The molecule has 0 spiro atoms. The molecule has 0 aliphatic carbocycles. The molecule has 0 aromatic rings. The lowest BCUT2D eigenvalue weighted by atomic mass is 9.99. The van der Waals surface area contributed by atoms with Crippen LogP contribution in [0.5, 0.6) is 0 Å². The molecular formula is C15H27N3O3. The van der Waals surface area contributed by atoms with Crippen molar-refractivity contribution in [3.63, 3.8) is 0 Å². The summed E-state index contributed by atoms with van der Waals surface area (Å²) in [4.78, 5) is 26.1. The Hall–Kier alpha value is -1.14. The van der Waals surface area contributed by atoms with E-state index in [4.69, 9.17) is 10.5 Å². The van der Waals surface area contributed by atoms with Crippen LogP contribution in [-0.2, 0) is 14.3 Å². The number of carbonyl (C=O) groups is 2. The number of ether oxygens (including phenoxy) is 1. The minimum absolute atomic E-state index is 0.0376. The van der Waals surface area contributed by atoms with Gasteiger partial charge in [-0.05, 0) is 38.5 Å². The number of nitrogens with two attached hydrogens (primary N) is 1. The minimum atomic E-state index is -0.279. The zero-order chi connectivity index (χ0) is 15.1. The van der Waals surface area contributed by atoms with E-state index >= 15 is 0 Å². The van der Waals surface area contributed by atoms with Crippen molar-refractivity contribution >= 4 is 11.8 Å². The molecule has 21 heavy (non-hydrogen) atoms. The van der Waals surface area contributed by atoms with Crippen LogP contribution >= 0.6 is 0 Å². The molecule has 0 bridgehead atoms. The maximum absolute atomic E-state index is 12.6. The van der Waals surface area contributed by atoms with Crippen molar-refractivity contribution in [1.29, 1.82) is 0 Å². The lowest BCUT2D eigenvalue weighted by molar-refractivity contribution is -0.150. The second-order valence-electron chi connectivity index (χ2n) is 5.88. The Morgan fingerprint density at radius 2 is 2.00 bits per heavy atom. The van der Waals surface area contributed by atoms with Crippen LogP contribution in [0.3, 0.4) is 0 Å². The maximum atomic E-state index is 12.6. The van der Waals surface area contributed by atoms with E-state index in [1.165, 1.54) is 0 Å². The molecule has 0 aromatic carbocycles. The average Bonchev–Trinajstić information content (AvgIpc) is 2.54. The van der Waals surface area contributed by atoms with Crippen molar-refractivity contribution in [2.45, 2.75) is 57.1 Å². The van der Waals surface area contributed by atoms with Gasteiger partial charge < -0.3 is 20.7 Å². The van der Waals surface area contributed by atoms with E-state index in [9.17, 15) is 9.59 Å². The van der Waals surface area contributed by atoms with E-state index in [2.05, 4.69) is 5.32 Å². The second kappa shape index (κ2) is 8.34. The molecule has 0 radical (unpaired) electrons. The first-order valence-corrected chi connectivity index (χ1v) is 8.11. The zero-order valence-corrected chi connectivity index (χ0v) is 12.7. The number of piperidine rings is 1. The van der Waals surface area contributed by atoms with Crippen molar-refractivity contribution in [2.24, 2.45) is 5.73 Å². The SMILES string of the molecule is NCCC(=O)NCC1CCCCN1C(=O)C1CCCCO1. The summed E-state index contributed by atoms with van der Waals surface area (Å²) < 4.78 is 5.61. The van der Waals surface area contributed by atoms with Crippen LogP contribution in [0.15, 0.2) is 0 Å². The number of carbonyl (C=O) groups excluding carboxylic acids is 2. The largest absolute Gasteiger partial charge is 0.368 e. The molecule has 2 amide bonds. The van der Waals surface area contributed by atoms with Crippen LogP contribution in [-0.4, -0.2) is 55.1 Å². The molecule has 2 fully saturated rings. The molecule has 2 heterocycles. The summed E-state index contributed by atoms with van der Waals surface area (Å²) in [5.74, 6) is 0.0665. The van der Waals surface area contributed by atoms with Gasteiger partial charge in [-0.15, -0.1) is 0 Å². The molecule has 2 aliphatic heterocycles. The van der Waals surface area contributed by atoms with Gasteiger partial charge >= 0.3 is 0 Å². The van der Waals surface area contributed by atoms with Gasteiger partial charge in [-0.3, -0.25) is 9.59 Å². The Balaban J connectivity index is 1.88. The number of hydrogen-bond acceptors (Lipinski definition) is 4. The number of nitrogens with one attached hydrogen (secondary N) is 1. The van der Waals surface area contributed by atoms with Gasteiger partial charge in [0.1, 0.15) is 6.10 Å². The van der Waals surface area contributed by atoms with Gasteiger partial charge in [0.15, 0.2) is 0 Å². The third-order valence-electron chi connectivity index (χ3n) is 4.27. The molecule has 0 saturated carbocycles. The van der Waals surface area contributed by atoms with Crippen LogP contribution in [0, 0.1) is 0 Å². The van der Waals surface area contributed by atoms with Crippen LogP contribution in [0.25, 0.3) is 0 Å². The first-order valence-electron chi connectivity index (χ1n) is 8.11. The summed E-state index contributed by atoms with van der Waals surface area (Å²) in [6, 6.07) is 0.0958. The first-order chi connectivity index (χ1) is 10.2. The molecule has 120 valence electrons. The molecular weight excluding hydrogens is 270 g/mol. The Labute approximate surface area is 126 Å². The standard InChI is InChI=1S/C15H27N3O3/c16-8-7-14(19)17-11-12-5-1-3-9-18(12)15(20)13-6-2-4-10-21-13/h12-13H,1-11,16H2,(H,17,19). The van der Waals surface area contributed by atoms with E-state index in [1.54, 1.807) is 0 Å². The van der Waals surface area contributed by atoms with Gasteiger partial charge in [0.25, 0.3) is 5.91 Å². The van der Waals surface area contributed by atoms with Crippen molar-refractivity contribution in [2.75, 3.05) is 26.2 Å². The van der Waals surface area contributed by atoms with Gasteiger partial charge in [-0.1, -0.05) is 0 Å². The second-order valence-corrected chi connectivity index (χ2v) is 5.88. The summed E-state index contributed by atoms with van der Waals surface area (Å²) >= 11 is 0. The predicted octanol–water partition coefficient (Wildman–Crippen LogP) is 0.402. The van der Waals surface area contributed by atoms with Crippen LogP contribution in [0.1, 0.15) is 44.9 Å². The highest BCUT2D eigenvalue weighted by molar-refractivity contribution is 5.81. The van der Waals surface area contributed by atoms with Gasteiger partial charge in [0, 0.05) is 38.7 Å². The van der Waals surface area contributed by atoms with Gasteiger partial charge in [-0.25, -0.2) is 0 Å². The number of rotatable bonds is 5. The van der Waals surface area contributed by atoms with Crippen molar-refractivity contribution in [3.8, 4) is 0 Å². The number of amides is 2. The molecule has 6 nitrogen and oxygen atoms in total. The topological polar surface area (TPSA) is 84.7 Å². The Morgan fingerprint density at radius 1 is 1.19 bits per heavy atom. The summed E-state index contributed by atoms with van der Waals surface area (Å²) in [6.07, 6.45) is 6.07. The molecule has 3 N–H and O–H groups in total. The van der Waals surface area contributed by atoms with Crippen molar-refractivity contribution in [1.82, 2.24) is 10.2 Å². The number of hydrogen-bond donors (Lipinski definition) is 2.